The molecule has 0 bridgehead atoms. The smallest absolute Gasteiger partial charge is 0.201 e. The van der Waals surface area contributed by atoms with Crippen molar-refractivity contribution >= 4 is 0 Å². The van der Waals surface area contributed by atoms with Crippen LogP contribution in [0.4, 0.5) is 8.78 Å². The second-order valence-electron chi connectivity index (χ2n) is 8.63. The zero-order valence-electron chi connectivity index (χ0n) is 17.1. The largest absolute Gasteiger partial charge is 0.462 e. The first kappa shape index (κ1) is 21.1. The van der Waals surface area contributed by atoms with Crippen molar-refractivity contribution in [2.24, 2.45) is 17.8 Å². The van der Waals surface area contributed by atoms with E-state index in [-0.39, 0.29) is 11.7 Å². The molecule has 154 valence electrons. The van der Waals surface area contributed by atoms with Gasteiger partial charge in [-0.2, -0.15) is 4.39 Å². The molecule has 0 aliphatic heterocycles. The number of hydrogen-bond acceptors (Lipinski definition) is 1. The Morgan fingerprint density at radius 2 is 1.61 bits per heavy atom. The summed E-state index contributed by atoms with van der Waals surface area (Å²) >= 11 is 0. The third kappa shape index (κ3) is 5.04. The highest BCUT2D eigenvalue weighted by molar-refractivity contribution is 5.33. The standard InChI is InChI=1S/C25H34F2O/c1-3-5-6-18-7-9-19(10-8-18)20-11-13-21(14-12-20)22-15-16-23(28-17-4-2)25(27)24(22)26/h3-4,15-21H,1,5-14H2,2H3. The van der Waals surface area contributed by atoms with Crippen molar-refractivity contribution < 1.29 is 13.5 Å². The summed E-state index contributed by atoms with van der Waals surface area (Å²) in [4.78, 5) is 0. The van der Waals surface area contributed by atoms with Crippen LogP contribution >= 0.6 is 0 Å². The van der Waals surface area contributed by atoms with Crippen molar-refractivity contribution in [2.45, 2.75) is 77.0 Å². The number of hydrogen-bond donors (Lipinski definition) is 0. The summed E-state index contributed by atoms with van der Waals surface area (Å²) in [6, 6.07) is 3.28. The number of allylic oxidation sites excluding steroid dienone is 2. The molecule has 2 saturated carbocycles. The lowest BCUT2D eigenvalue weighted by atomic mass is 9.68. The molecule has 1 nitrogen and oxygen atoms in total. The average Bonchev–Trinajstić information content (AvgIpc) is 2.74. The molecule has 2 fully saturated rings. The monoisotopic (exact) mass is 388 g/mol. The molecule has 3 heteroatoms. The quantitative estimate of drug-likeness (QED) is 0.340. The summed E-state index contributed by atoms with van der Waals surface area (Å²) in [6.45, 7) is 5.61. The van der Waals surface area contributed by atoms with Crippen LogP contribution in [-0.2, 0) is 0 Å². The van der Waals surface area contributed by atoms with Crippen LogP contribution in [0.2, 0.25) is 0 Å². The van der Waals surface area contributed by atoms with Gasteiger partial charge in [0.25, 0.3) is 0 Å². The van der Waals surface area contributed by atoms with Crippen LogP contribution in [-0.4, -0.2) is 0 Å². The zero-order chi connectivity index (χ0) is 19.9. The first-order valence-corrected chi connectivity index (χ1v) is 11.0. The van der Waals surface area contributed by atoms with Gasteiger partial charge in [0.15, 0.2) is 11.6 Å². The normalized spacial score (nSPS) is 28.4. The van der Waals surface area contributed by atoms with Crippen LogP contribution in [0.1, 0.15) is 82.6 Å². The molecule has 2 aliphatic rings. The Bertz CT molecular complexity index is 665. The highest BCUT2D eigenvalue weighted by Gasteiger charge is 2.32. The fraction of sp³-hybridized carbons (Fsp3) is 0.600. The summed E-state index contributed by atoms with van der Waals surface area (Å²) < 4.78 is 34.0. The van der Waals surface area contributed by atoms with Gasteiger partial charge in [0.1, 0.15) is 0 Å². The van der Waals surface area contributed by atoms with Crippen LogP contribution in [0, 0.1) is 29.4 Å². The van der Waals surface area contributed by atoms with Crippen LogP contribution in [0.15, 0.2) is 37.1 Å². The van der Waals surface area contributed by atoms with Gasteiger partial charge in [-0.1, -0.05) is 31.1 Å². The molecule has 0 unspecified atom stereocenters. The summed E-state index contributed by atoms with van der Waals surface area (Å²) in [6.07, 6.45) is 17.1. The highest BCUT2D eigenvalue weighted by atomic mass is 19.2. The molecule has 3 rings (SSSR count). The van der Waals surface area contributed by atoms with Crippen molar-refractivity contribution in [1.82, 2.24) is 0 Å². The van der Waals surface area contributed by atoms with Gasteiger partial charge in [-0.25, -0.2) is 4.39 Å². The molecular weight excluding hydrogens is 354 g/mol. The number of benzene rings is 1. The minimum Gasteiger partial charge on any atom is -0.462 e. The Hall–Kier alpha value is -1.64. The Morgan fingerprint density at radius 1 is 0.964 bits per heavy atom. The maximum Gasteiger partial charge on any atom is 0.201 e. The Labute approximate surface area is 168 Å². The van der Waals surface area contributed by atoms with Gasteiger partial charge in [-0.3, -0.25) is 0 Å². The molecule has 0 saturated heterocycles. The van der Waals surface area contributed by atoms with Gasteiger partial charge in [0, 0.05) is 0 Å². The third-order valence-electron chi connectivity index (χ3n) is 6.96. The van der Waals surface area contributed by atoms with E-state index in [4.69, 9.17) is 4.74 Å². The van der Waals surface area contributed by atoms with E-state index in [0.717, 1.165) is 49.9 Å². The molecule has 0 N–H and O–H groups in total. The van der Waals surface area contributed by atoms with E-state index in [2.05, 4.69) is 6.58 Å². The van der Waals surface area contributed by atoms with Crippen LogP contribution in [0.5, 0.6) is 5.75 Å². The topological polar surface area (TPSA) is 9.23 Å². The molecule has 0 aromatic heterocycles. The fourth-order valence-electron chi connectivity index (χ4n) is 5.30. The van der Waals surface area contributed by atoms with Gasteiger partial charge in [-0.05, 0) is 93.6 Å². The maximum atomic E-state index is 14.6. The number of halogens is 2. The van der Waals surface area contributed by atoms with E-state index >= 15 is 0 Å². The van der Waals surface area contributed by atoms with E-state index in [9.17, 15) is 8.78 Å². The van der Waals surface area contributed by atoms with Crippen molar-refractivity contribution in [3.8, 4) is 5.75 Å². The second kappa shape index (κ2) is 10.2. The van der Waals surface area contributed by atoms with Crippen LogP contribution in [0.25, 0.3) is 0 Å². The lowest BCUT2D eigenvalue weighted by molar-refractivity contribution is 0.156. The highest BCUT2D eigenvalue weighted by Crippen LogP contribution is 2.45. The predicted octanol–water partition coefficient (Wildman–Crippen LogP) is 7.92. The zero-order valence-corrected chi connectivity index (χ0v) is 17.1. The lowest BCUT2D eigenvalue weighted by Gasteiger charge is -2.38. The number of rotatable bonds is 7. The molecule has 1 aromatic rings. The molecule has 1 aromatic carbocycles. The third-order valence-corrected chi connectivity index (χ3v) is 6.96. The van der Waals surface area contributed by atoms with Crippen LogP contribution in [0.3, 0.4) is 0 Å². The molecule has 0 heterocycles. The molecule has 0 amide bonds. The van der Waals surface area contributed by atoms with Crippen molar-refractivity contribution in [2.75, 3.05) is 0 Å². The summed E-state index contributed by atoms with van der Waals surface area (Å²) in [5, 5.41) is 0. The van der Waals surface area contributed by atoms with Gasteiger partial charge in [0.05, 0.1) is 6.26 Å². The fourth-order valence-corrected chi connectivity index (χ4v) is 5.30. The van der Waals surface area contributed by atoms with Crippen molar-refractivity contribution in [1.29, 1.82) is 0 Å². The molecule has 28 heavy (non-hydrogen) atoms. The molecule has 0 radical (unpaired) electrons. The number of ether oxygens (including phenoxy) is 1. The van der Waals surface area contributed by atoms with E-state index in [1.54, 1.807) is 25.1 Å². The SMILES string of the molecule is C=CCCC1CCC(C2CCC(c3ccc(OC=CC)c(F)c3F)CC2)CC1. The summed E-state index contributed by atoms with van der Waals surface area (Å²) in [5.74, 6) is 0.974. The maximum absolute atomic E-state index is 14.6. The van der Waals surface area contributed by atoms with Gasteiger partial charge in [-0.15, -0.1) is 6.58 Å². The van der Waals surface area contributed by atoms with E-state index in [1.807, 2.05) is 6.08 Å². The van der Waals surface area contributed by atoms with E-state index in [1.165, 1.54) is 38.4 Å². The minimum absolute atomic E-state index is 0.0405. The Balaban J connectivity index is 1.53. The summed E-state index contributed by atoms with van der Waals surface area (Å²) in [7, 11) is 0. The van der Waals surface area contributed by atoms with Crippen molar-refractivity contribution in [3.05, 3.63) is 54.3 Å². The Kier molecular flexibility index (Phi) is 7.70. The second-order valence-corrected chi connectivity index (χ2v) is 8.63. The van der Waals surface area contributed by atoms with E-state index in [0.29, 0.717) is 5.56 Å². The van der Waals surface area contributed by atoms with Gasteiger partial charge >= 0.3 is 0 Å². The molecule has 0 spiro atoms. The Morgan fingerprint density at radius 3 is 2.21 bits per heavy atom. The predicted molar refractivity (Wildman–Crippen MR) is 111 cm³/mol. The van der Waals surface area contributed by atoms with E-state index < -0.39 is 11.6 Å². The lowest BCUT2D eigenvalue weighted by Crippen LogP contribution is -2.25. The molecule has 2 aliphatic carbocycles. The van der Waals surface area contributed by atoms with Crippen LogP contribution < -0.4 is 4.74 Å². The van der Waals surface area contributed by atoms with Gasteiger partial charge < -0.3 is 4.74 Å². The first-order valence-electron chi connectivity index (χ1n) is 11.0. The average molecular weight is 389 g/mol. The van der Waals surface area contributed by atoms with Gasteiger partial charge in [0.2, 0.25) is 5.82 Å². The molecule has 0 atom stereocenters. The summed E-state index contributed by atoms with van der Waals surface area (Å²) in [5.41, 5.74) is 0.525. The first-order chi connectivity index (χ1) is 13.6. The minimum atomic E-state index is -0.865. The molecular formula is C25H34F2O. The van der Waals surface area contributed by atoms with Crippen molar-refractivity contribution in [3.63, 3.8) is 0 Å².